The molecule has 1 atom stereocenters. The molecule has 0 bridgehead atoms. The van der Waals surface area contributed by atoms with Gasteiger partial charge < -0.3 is 0 Å². The molecule has 0 fully saturated rings. The van der Waals surface area contributed by atoms with Gasteiger partial charge in [-0.1, -0.05) is 0 Å². The van der Waals surface area contributed by atoms with E-state index >= 15 is 0 Å². The molecular formula is C9HF11. The zero-order valence-electron chi connectivity index (χ0n) is 8.73. The van der Waals surface area contributed by atoms with Crippen LogP contribution in [0, 0.1) is 29.1 Å². The molecule has 1 aromatic carbocycles. The number of halogens is 11. The van der Waals surface area contributed by atoms with Crippen LogP contribution in [-0.4, -0.2) is 12.6 Å². The van der Waals surface area contributed by atoms with E-state index in [0.717, 1.165) is 0 Å². The summed E-state index contributed by atoms with van der Waals surface area (Å²) in [6, 6.07) is 0. The van der Waals surface area contributed by atoms with Crippen molar-refractivity contribution in [3.63, 3.8) is 0 Å². The summed E-state index contributed by atoms with van der Waals surface area (Å²) in [7, 11) is 0. The molecule has 11 heteroatoms. The van der Waals surface area contributed by atoms with Gasteiger partial charge in [0.1, 0.15) is 0 Å². The highest BCUT2D eigenvalue weighted by atomic mass is 19.4. The third-order valence-corrected chi connectivity index (χ3v) is 2.29. The molecule has 0 saturated heterocycles. The fraction of sp³-hybridized carbons (Fsp3) is 0.333. The van der Waals surface area contributed by atoms with Gasteiger partial charge in [0, 0.05) is 0 Å². The molecule has 0 saturated carbocycles. The van der Waals surface area contributed by atoms with Crippen LogP contribution >= 0.6 is 0 Å². The van der Waals surface area contributed by atoms with Crippen LogP contribution in [0.25, 0.3) is 0 Å². The minimum Gasteiger partial charge on any atom is -0.222 e. The van der Waals surface area contributed by atoms with Gasteiger partial charge in [0.05, 0.1) is 5.56 Å². The summed E-state index contributed by atoms with van der Waals surface area (Å²) < 4.78 is 138. The fourth-order valence-electron chi connectivity index (χ4n) is 1.30. The average Bonchev–Trinajstić information content (AvgIpc) is 2.32. The molecule has 0 spiro atoms. The lowest BCUT2D eigenvalue weighted by Crippen LogP contribution is -2.46. The van der Waals surface area contributed by atoms with Gasteiger partial charge in [-0.15, -0.1) is 0 Å². The van der Waals surface area contributed by atoms with Crippen LogP contribution in [0.4, 0.5) is 48.3 Å². The summed E-state index contributed by atoms with van der Waals surface area (Å²) >= 11 is 0. The van der Waals surface area contributed by atoms with Crippen molar-refractivity contribution in [1.29, 1.82) is 0 Å². The fourth-order valence-corrected chi connectivity index (χ4v) is 1.30. The number of hydrogen-bond acceptors (Lipinski definition) is 0. The van der Waals surface area contributed by atoms with Crippen LogP contribution in [0.1, 0.15) is 5.56 Å². The molecule has 0 nitrogen and oxygen atoms in total. The number of hydrogen-bond donors (Lipinski definition) is 0. The van der Waals surface area contributed by atoms with Crippen molar-refractivity contribution < 1.29 is 48.3 Å². The molecule has 0 N–H and O–H groups in total. The summed E-state index contributed by atoms with van der Waals surface area (Å²) in [6.45, 7) is 0. The Morgan fingerprint density at radius 2 is 0.900 bits per heavy atom. The van der Waals surface area contributed by atoms with Crippen molar-refractivity contribution in [2.24, 2.45) is 0 Å². The van der Waals surface area contributed by atoms with Crippen LogP contribution in [0.3, 0.4) is 0 Å². The topological polar surface area (TPSA) is 0 Å². The molecular weight excluding hydrogens is 317 g/mol. The van der Waals surface area contributed by atoms with Crippen molar-refractivity contribution >= 4 is 0 Å². The number of rotatable bonds is 2. The molecule has 0 aliphatic heterocycles. The first-order valence-electron chi connectivity index (χ1n) is 4.43. The molecule has 0 aliphatic rings. The highest BCUT2D eigenvalue weighted by Gasteiger charge is 2.67. The van der Waals surface area contributed by atoms with Gasteiger partial charge in [-0.05, 0) is 0 Å². The molecule has 20 heavy (non-hydrogen) atoms. The predicted octanol–water partition coefficient (Wildman–Crippen LogP) is 4.37. The Hall–Kier alpha value is -1.55. The normalized spacial score (nSPS) is 15.6. The van der Waals surface area contributed by atoms with Gasteiger partial charge in [0.2, 0.25) is 5.82 Å². The maximum absolute atomic E-state index is 13.4. The molecule has 0 amide bonds. The van der Waals surface area contributed by atoms with E-state index in [2.05, 4.69) is 0 Å². The standard InChI is InChI=1S/C9HF11/c10-2-1(3(11)5(13)6(14)4(2)12)8(17,7(15)16)9(18,19)20/h7H. The summed E-state index contributed by atoms with van der Waals surface area (Å²) in [5, 5.41) is 0. The van der Waals surface area contributed by atoms with Gasteiger partial charge in [0.25, 0.3) is 12.1 Å². The second-order valence-electron chi connectivity index (χ2n) is 3.46. The minimum absolute atomic E-state index is 2.90. The lowest BCUT2D eigenvalue weighted by Gasteiger charge is -2.28. The molecule has 1 unspecified atom stereocenters. The van der Waals surface area contributed by atoms with Gasteiger partial charge in [-0.2, -0.15) is 13.2 Å². The Kier molecular flexibility index (Phi) is 3.94. The van der Waals surface area contributed by atoms with E-state index < -0.39 is 52.9 Å². The molecule has 0 heterocycles. The SMILES string of the molecule is Fc1c(F)c(F)c(C(F)(C(F)F)C(F)(F)F)c(F)c1F. The van der Waals surface area contributed by atoms with E-state index in [1.807, 2.05) is 0 Å². The first-order chi connectivity index (χ1) is 8.87. The van der Waals surface area contributed by atoms with Crippen LogP contribution in [0.15, 0.2) is 0 Å². The van der Waals surface area contributed by atoms with Crippen molar-refractivity contribution in [2.75, 3.05) is 0 Å². The van der Waals surface area contributed by atoms with E-state index in [1.54, 1.807) is 0 Å². The van der Waals surface area contributed by atoms with E-state index in [-0.39, 0.29) is 0 Å². The Bertz CT molecular complexity index is 503. The molecule has 0 radical (unpaired) electrons. The summed E-state index contributed by atoms with van der Waals surface area (Å²) in [5.74, 6) is -15.5. The first kappa shape index (κ1) is 16.5. The average molecular weight is 318 g/mol. The largest absolute Gasteiger partial charge is 0.432 e. The van der Waals surface area contributed by atoms with E-state index in [1.165, 1.54) is 0 Å². The molecule has 114 valence electrons. The minimum atomic E-state index is -6.61. The summed E-state index contributed by atoms with van der Waals surface area (Å²) in [4.78, 5) is 0. The van der Waals surface area contributed by atoms with Gasteiger partial charge in [-0.3, -0.25) is 0 Å². The van der Waals surface area contributed by atoms with Crippen molar-refractivity contribution in [3.8, 4) is 0 Å². The Balaban J connectivity index is 3.86. The predicted molar refractivity (Wildman–Crippen MR) is 41.1 cm³/mol. The maximum atomic E-state index is 13.4. The second kappa shape index (κ2) is 4.77. The van der Waals surface area contributed by atoms with Gasteiger partial charge in [-0.25, -0.2) is 35.1 Å². The van der Waals surface area contributed by atoms with Gasteiger partial charge in [0.15, 0.2) is 23.3 Å². The highest BCUT2D eigenvalue weighted by Crippen LogP contribution is 2.49. The van der Waals surface area contributed by atoms with Gasteiger partial charge >= 0.3 is 6.18 Å². The second-order valence-corrected chi connectivity index (χ2v) is 3.46. The summed E-state index contributed by atoms with van der Waals surface area (Å²) in [5.41, 5.74) is -9.33. The lowest BCUT2D eigenvalue weighted by molar-refractivity contribution is -0.276. The Labute approximate surface area is 102 Å². The molecule has 1 rings (SSSR count). The zero-order chi connectivity index (χ0) is 16.0. The van der Waals surface area contributed by atoms with E-state index in [0.29, 0.717) is 0 Å². The maximum Gasteiger partial charge on any atom is 0.432 e. The third kappa shape index (κ3) is 2.08. The molecule has 0 aromatic heterocycles. The van der Waals surface area contributed by atoms with Crippen LogP contribution < -0.4 is 0 Å². The Morgan fingerprint density at radius 3 is 1.15 bits per heavy atom. The van der Waals surface area contributed by atoms with Crippen molar-refractivity contribution in [2.45, 2.75) is 18.3 Å². The van der Waals surface area contributed by atoms with Crippen molar-refractivity contribution in [3.05, 3.63) is 34.6 Å². The quantitative estimate of drug-likeness (QED) is 0.431. The third-order valence-electron chi connectivity index (χ3n) is 2.29. The van der Waals surface area contributed by atoms with E-state index in [9.17, 15) is 48.3 Å². The number of benzene rings is 1. The number of alkyl halides is 6. The van der Waals surface area contributed by atoms with Crippen LogP contribution in [0.5, 0.6) is 0 Å². The monoisotopic (exact) mass is 318 g/mol. The molecule has 1 aromatic rings. The first-order valence-corrected chi connectivity index (χ1v) is 4.43. The highest BCUT2D eigenvalue weighted by molar-refractivity contribution is 5.31. The zero-order valence-corrected chi connectivity index (χ0v) is 8.73. The smallest absolute Gasteiger partial charge is 0.222 e. The van der Waals surface area contributed by atoms with E-state index in [4.69, 9.17) is 0 Å². The lowest BCUT2D eigenvalue weighted by atomic mass is 9.93. The van der Waals surface area contributed by atoms with Crippen LogP contribution in [-0.2, 0) is 5.67 Å². The van der Waals surface area contributed by atoms with Crippen molar-refractivity contribution in [1.82, 2.24) is 0 Å². The summed E-state index contributed by atoms with van der Waals surface area (Å²) in [6.07, 6.45) is -11.7. The van der Waals surface area contributed by atoms with Crippen LogP contribution in [0.2, 0.25) is 0 Å². The Morgan fingerprint density at radius 1 is 0.600 bits per heavy atom. The molecule has 0 aliphatic carbocycles.